The summed E-state index contributed by atoms with van der Waals surface area (Å²) in [6.07, 6.45) is 4.12. The van der Waals surface area contributed by atoms with Crippen molar-refractivity contribution in [2.75, 3.05) is 38.5 Å². The van der Waals surface area contributed by atoms with Gasteiger partial charge in [-0.15, -0.1) is 0 Å². The minimum atomic E-state index is -0.189. The molecule has 2 amide bonds. The molecule has 6 heteroatoms. The summed E-state index contributed by atoms with van der Waals surface area (Å²) >= 11 is 0. The van der Waals surface area contributed by atoms with Gasteiger partial charge in [0.2, 0.25) is 5.91 Å². The SMILES string of the molecule is Nc1ccc(C(=O)NCCC(=O)NCCN2CCCCC2)cc1. The van der Waals surface area contributed by atoms with Gasteiger partial charge in [0.05, 0.1) is 0 Å². The molecule has 1 fully saturated rings. The van der Waals surface area contributed by atoms with Crippen LogP contribution in [0.4, 0.5) is 5.69 Å². The van der Waals surface area contributed by atoms with Crippen molar-refractivity contribution in [2.24, 2.45) is 0 Å². The summed E-state index contributed by atoms with van der Waals surface area (Å²) in [4.78, 5) is 26.0. The van der Waals surface area contributed by atoms with Crippen molar-refractivity contribution in [1.82, 2.24) is 15.5 Å². The summed E-state index contributed by atoms with van der Waals surface area (Å²) in [7, 11) is 0. The number of nitrogens with one attached hydrogen (secondary N) is 2. The predicted octanol–water partition coefficient (Wildman–Crippen LogP) is 0.991. The molecule has 0 aromatic heterocycles. The molecule has 2 rings (SSSR count). The third-order valence-electron chi connectivity index (χ3n) is 4.01. The van der Waals surface area contributed by atoms with Crippen LogP contribution in [0.2, 0.25) is 0 Å². The molecular formula is C17H26N4O2. The molecule has 6 nitrogen and oxygen atoms in total. The number of nitrogens with two attached hydrogens (primary N) is 1. The summed E-state index contributed by atoms with van der Waals surface area (Å²) in [5.41, 5.74) is 6.74. The smallest absolute Gasteiger partial charge is 0.251 e. The van der Waals surface area contributed by atoms with E-state index in [4.69, 9.17) is 5.73 Å². The minimum absolute atomic E-state index is 0.0281. The number of piperidine rings is 1. The number of benzene rings is 1. The van der Waals surface area contributed by atoms with Crippen molar-refractivity contribution in [3.63, 3.8) is 0 Å². The largest absolute Gasteiger partial charge is 0.399 e. The van der Waals surface area contributed by atoms with E-state index in [1.54, 1.807) is 24.3 Å². The van der Waals surface area contributed by atoms with Crippen LogP contribution in [0.1, 0.15) is 36.0 Å². The lowest BCUT2D eigenvalue weighted by atomic mass is 10.1. The molecule has 1 aliphatic heterocycles. The Balaban J connectivity index is 1.57. The number of anilines is 1. The maximum atomic E-state index is 11.9. The van der Waals surface area contributed by atoms with Gasteiger partial charge in [-0.05, 0) is 50.2 Å². The zero-order valence-corrected chi connectivity index (χ0v) is 13.5. The lowest BCUT2D eigenvalue weighted by Gasteiger charge is -2.26. The quantitative estimate of drug-likeness (QED) is 0.654. The third-order valence-corrected chi connectivity index (χ3v) is 4.01. The Hall–Kier alpha value is -2.08. The minimum Gasteiger partial charge on any atom is -0.399 e. The second-order valence-electron chi connectivity index (χ2n) is 5.88. The van der Waals surface area contributed by atoms with Crippen LogP contribution in [0.15, 0.2) is 24.3 Å². The van der Waals surface area contributed by atoms with E-state index in [-0.39, 0.29) is 11.8 Å². The van der Waals surface area contributed by atoms with Crippen LogP contribution in [0.5, 0.6) is 0 Å². The summed E-state index contributed by atoms with van der Waals surface area (Å²) in [5.74, 6) is -0.217. The molecule has 0 radical (unpaired) electrons. The summed E-state index contributed by atoms with van der Waals surface area (Å²) in [5, 5.41) is 5.64. The Kier molecular flexibility index (Phi) is 6.87. The van der Waals surface area contributed by atoms with Gasteiger partial charge in [0.15, 0.2) is 0 Å². The highest BCUT2D eigenvalue weighted by Crippen LogP contribution is 2.07. The first kappa shape index (κ1) is 17.3. The molecular weight excluding hydrogens is 292 g/mol. The molecule has 1 aromatic carbocycles. The molecule has 0 saturated carbocycles. The summed E-state index contributed by atoms with van der Waals surface area (Å²) in [6, 6.07) is 6.71. The van der Waals surface area contributed by atoms with E-state index in [1.165, 1.54) is 19.3 Å². The normalized spacial score (nSPS) is 15.1. The van der Waals surface area contributed by atoms with E-state index in [9.17, 15) is 9.59 Å². The van der Waals surface area contributed by atoms with Crippen LogP contribution >= 0.6 is 0 Å². The fraction of sp³-hybridized carbons (Fsp3) is 0.529. The Morgan fingerprint density at radius 3 is 2.39 bits per heavy atom. The molecule has 1 aliphatic rings. The first-order chi connectivity index (χ1) is 11.1. The van der Waals surface area contributed by atoms with Crippen molar-refractivity contribution in [3.8, 4) is 0 Å². The van der Waals surface area contributed by atoms with Gasteiger partial charge in [-0.25, -0.2) is 0 Å². The number of nitrogen functional groups attached to an aromatic ring is 1. The van der Waals surface area contributed by atoms with Gasteiger partial charge in [0, 0.05) is 37.3 Å². The number of hydrogen-bond acceptors (Lipinski definition) is 4. The second-order valence-corrected chi connectivity index (χ2v) is 5.88. The molecule has 4 N–H and O–H groups in total. The van der Waals surface area contributed by atoms with E-state index >= 15 is 0 Å². The zero-order chi connectivity index (χ0) is 16.5. The second kappa shape index (κ2) is 9.15. The fourth-order valence-corrected chi connectivity index (χ4v) is 2.65. The first-order valence-corrected chi connectivity index (χ1v) is 8.28. The van der Waals surface area contributed by atoms with Crippen molar-refractivity contribution in [2.45, 2.75) is 25.7 Å². The molecule has 0 bridgehead atoms. The van der Waals surface area contributed by atoms with Crippen LogP contribution in [0, 0.1) is 0 Å². The highest BCUT2D eigenvalue weighted by Gasteiger charge is 2.10. The standard InChI is InChI=1S/C17H26N4O2/c18-15-6-4-14(5-7-15)17(23)20-9-8-16(22)19-10-13-21-11-2-1-3-12-21/h4-7H,1-3,8-13,18H2,(H,19,22)(H,20,23). The topological polar surface area (TPSA) is 87.5 Å². The molecule has 126 valence electrons. The first-order valence-electron chi connectivity index (χ1n) is 8.28. The van der Waals surface area contributed by atoms with E-state index < -0.39 is 0 Å². The Morgan fingerprint density at radius 2 is 1.70 bits per heavy atom. The maximum Gasteiger partial charge on any atom is 0.251 e. The fourth-order valence-electron chi connectivity index (χ4n) is 2.65. The van der Waals surface area contributed by atoms with Crippen LogP contribution in [-0.4, -0.2) is 49.4 Å². The van der Waals surface area contributed by atoms with Gasteiger partial charge in [-0.1, -0.05) is 6.42 Å². The van der Waals surface area contributed by atoms with Gasteiger partial charge in [-0.3, -0.25) is 9.59 Å². The molecule has 1 heterocycles. The van der Waals surface area contributed by atoms with Crippen LogP contribution in [-0.2, 0) is 4.79 Å². The summed E-state index contributed by atoms with van der Waals surface area (Å²) < 4.78 is 0. The Morgan fingerprint density at radius 1 is 1.00 bits per heavy atom. The number of amides is 2. The van der Waals surface area contributed by atoms with Crippen molar-refractivity contribution in [3.05, 3.63) is 29.8 Å². The zero-order valence-electron chi connectivity index (χ0n) is 13.5. The number of likely N-dealkylation sites (tertiary alicyclic amines) is 1. The lowest BCUT2D eigenvalue weighted by Crippen LogP contribution is -2.38. The van der Waals surface area contributed by atoms with Crippen LogP contribution < -0.4 is 16.4 Å². The van der Waals surface area contributed by atoms with E-state index in [2.05, 4.69) is 15.5 Å². The summed E-state index contributed by atoms with van der Waals surface area (Å²) in [6.45, 7) is 4.17. The molecule has 0 spiro atoms. The van der Waals surface area contributed by atoms with E-state index in [0.29, 0.717) is 30.8 Å². The van der Waals surface area contributed by atoms with Gasteiger partial charge in [0.1, 0.15) is 0 Å². The third kappa shape index (κ3) is 6.28. The van der Waals surface area contributed by atoms with Crippen LogP contribution in [0.25, 0.3) is 0 Å². The van der Waals surface area contributed by atoms with E-state index in [0.717, 1.165) is 19.6 Å². The highest BCUT2D eigenvalue weighted by molar-refractivity contribution is 5.94. The van der Waals surface area contributed by atoms with Crippen molar-refractivity contribution >= 4 is 17.5 Å². The highest BCUT2D eigenvalue weighted by atomic mass is 16.2. The monoisotopic (exact) mass is 318 g/mol. The number of carbonyl (C=O) groups excluding carboxylic acids is 2. The van der Waals surface area contributed by atoms with Gasteiger partial charge in [-0.2, -0.15) is 0 Å². The number of hydrogen-bond donors (Lipinski definition) is 3. The van der Waals surface area contributed by atoms with Gasteiger partial charge >= 0.3 is 0 Å². The lowest BCUT2D eigenvalue weighted by molar-refractivity contribution is -0.121. The number of carbonyl (C=O) groups is 2. The molecule has 0 atom stereocenters. The van der Waals surface area contributed by atoms with Crippen molar-refractivity contribution in [1.29, 1.82) is 0 Å². The average Bonchev–Trinajstić information content (AvgIpc) is 2.56. The van der Waals surface area contributed by atoms with Gasteiger partial charge < -0.3 is 21.3 Å². The molecule has 0 aliphatic carbocycles. The molecule has 0 unspecified atom stereocenters. The van der Waals surface area contributed by atoms with Crippen molar-refractivity contribution < 1.29 is 9.59 Å². The molecule has 23 heavy (non-hydrogen) atoms. The molecule has 1 saturated heterocycles. The Labute approximate surface area is 137 Å². The number of rotatable bonds is 7. The maximum absolute atomic E-state index is 11.9. The Bertz CT molecular complexity index is 510. The predicted molar refractivity (Wildman–Crippen MR) is 91.1 cm³/mol. The average molecular weight is 318 g/mol. The molecule has 1 aromatic rings. The van der Waals surface area contributed by atoms with Crippen LogP contribution in [0.3, 0.4) is 0 Å². The van der Waals surface area contributed by atoms with Gasteiger partial charge in [0.25, 0.3) is 5.91 Å². The number of nitrogens with zero attached hydrogens (tertiary/aromatic N) is 1. The van der Waals surface area contributed by atoms with E-state index in [1.807, 2.05) is 0 Å².